The van der Waals surface area contributed by atoms with E-state index in [0.717, 1.165) is 25.4 Å². The van der Waals surface area contributed by atoms with Gasteiger partial charge in [0, 0.05) is 30.6 Å². The number of nitrogens with zero attached hydrogens (tertiary/aromatic N) is 2. The van der Waals surface area contributed by atoms with E-state index in [2.05, 4.69) is 35.5 Å². The van der Waals surface area contributed by atoms with E-state index in [1.54, 1.807) is 17.6 Å². The summed E-state index contributed by atoms with van der Waals surface area (Å²) in [7, 11) is 0. The van der Waals surface area contributed by atoms with Gasteiger partial charge in [-0.25, -0.2) is 4.98 Å². The predicted octanol–water partition coefficient (Wildman–Crippen LogP) is 3.40. The summed E-state index contributed by atoms with van der Waals surface area (Å²) in [6.07, 6.45) is 4.35. The Hall–Kier alpha value is -1.17. The molecule has 4 nitrogen and oxygen atoms in total. The van der Waals surface area contributed by atoms with Crippen molar-refractivity contribution in [2.24, 2.45) is 0 Å². The molecule has 0 spiro atoms. The number of hydrogen-bond acceptors (Lipinski definition) is 5. The third-order valence-corrected chi connectivity index (χ3v) is 4.53. The molecule has 2 aromatic heterocycles. The first-order valence-electron chi connectivity index (χ1n) is 7.64. The summed E-state index contributed by atoms with van der Waals surface area (Å²) in [6, 6.07) is 5.21. The molecule has 3 rings (SSSR count). The van der Waals surface area contributed by atoms with Gasteiger partial charge in [0.05, 0.1) is 18.5 Å². The molecule has 0 aliphatic heterocycles. The van der Waals surface area contributed by atoms with Crippen LogP contribution in [0.1, 0.15) is 43.2 Å². The number of thiazole rings is 1. The molecule has 0 aromatic carbocycles. The third-order valence-electron chi connectivity index (χ3n) is 3.63. The molecule has 0 atom stereocenters. The first-order valence-corrected chi connectivity index (χ1v) is 8.52. The zero-order valence-electron chi connectivity index (χ0n) is 12.7. The van der Waals surface area contributed by atoms with Gasteiger partial charge >= 0.3 is 0 Å². The largest absolute Gasteiger partial charge is 0.468 e. The molecular weight excluding hydrogens is 282 g/mol. The van der Waals surface area contributed by atoms with Crippen LogP contribution in [0.3, 0.4) is 0 Å². The monoisotopic (exact) mass is 305 g/mol. The SMILES string of the molecule is CC(C)NCc1nc(CN(Cc2ccco2)C2CC2)cs1. The molecule has 1 fully saturated rings. The molecule has 1 N–H and O–H groups in total. The molecule has 1 aliphatic carbocycles. The fourth-order valence-corrected chi connectivity index (χ4v) is 3.09. The lowest BCUT2D eigenvalue weighted by Crippen LogP contribution is -2.25. The van der Waals surface area contributed by atoms with Crippen molar-refractivity contribution in [3.05, 3.63) is 40.2 Å². The van der Waals surface area contributed by atoms with Crippen LogP contribution < -0.4 is 5.32 Å². The Bertz CT molecular complexity index is 546. The van der Waals surface area contributed by atoms with Crippen LogP contribution in [0.15, 0.2) is 28.2 Å². The fourth-order valence-electron chi connectivity index (χ4n) is 2.36. The minimum Gasteiger partial charge on any atom is -0.468 e. The second-order valence-corrected chi connectivity index (χ2v) is 6.93. The molecule has 5 heteroatoms. The number of rotatable bonds is 8. The lowest BCUT2D eigenvalue weighted by molar-refractivity contribution is 0.223. The van der Waals surface area contributed by atoms with Gasteiger partial charge in [0.25, 0.3) is 0 Å². The molecule has 1 aliphatic rings. The maximum Gasteiger partial charge on any atom is 0.117 e. The Morgan fingerprint density at radius 3 is 2.95 bits per heavy atom. The van der Waals surface area contributed by atoms with E-state index in [9.17, 15) is 0 Å². The van der Waals surface area contributed by atoms with Crippen LogP contribution in [-0.2, 0) is 19.6 Å². The Kier molecular flexibility index (Phi) is 4.73. The van der Waals surface area contributed by atoms with Gasteiger partial charge in [-0.3, -0.25) is 4.90 Å². The molecule has 0 amide bonds. The lowest BCUT2D eigenvalue weighted by Gasteiger charge is -2.19. The van der Waals surface area contributed by atoms with Crippen LogP contribution in [0.2, 0.25) is 0 Å². The summed E-state index contributed by atoms with van der Waals surface area (Å²) in [4.78, 5) is 7.22. The highest BCUT2D eigenvalue weighted by molar-refractivity contribution is 7.09. The van der Waals surface area contributed by atoms with Gasteiger partial charge in [0.2, 0.25) is 0 Å². The Morgan fingerprint density at radius 2 is 2.29 bits per heavy atom. The van der Waals surface area contributed by atoms with Crippen molar-refractivity contribution in [3.63, 3.8) is 0 Å². The smallest absolute Gasteiger partial charge is 0.117 e. The number of furan rings is 1. The zero-order valence-corrected chi connectivity index (χ0v) is 13.5. The summed E-state index contributed by atoms with van der Waals surface area (Å²) < 4.78 is 5.48. The van der Waals surface area contributed by atoms with Crippen molar-refractivity contribution in [3.8, 4) is 0 Å². The Balaban J connectivity index is 1.58. The predicted molar refractivity (Wildman–Crippen MR) is 85.1 cm³/mol. The minimum atomic E-state index is 0.499. The van der Waals surface area contributed by atoms with Crippen molar-refractivity contribution >= 4 is 11.3 Å². The normalized spacial score (nSPS) is 15.2. The van der Waals surface area contributed by atoms with Crippen LogP contribution in [0, 0.1) is 0 Å². The number of aromatic nitrogens is 1. The molecular formula is C16H23N3OS. The molecule has 2 aromatic rings. The minimum absolute atomic E-state index is 0.499. The van der Waals surface area contributed by atoms with E-state index in [1.165, 1.54) is 23.5 Å². The topological polar surface area (TPSA) is 41.3 Å². The van der Waals surface area contributed by atoms with Gasteiger partial charge in [-0.05, 0) is 25.0 Å². The van der Waals surface area contributed by atoms with Crippen molar-refractivity contribution in [1.29, 1.82) is 0 Å². The van der Waals surface area contributed by atoms with E-state index in [4.69, 9.17) is 9.40 Å². The van der Waals surface area contributed by atoms with Crippen LogP contribution in [0.5, 0.6) is 0 Å². The summed E-state index contributed by atoms with van der Waals surface area (Å²) in [6.45, 7) is 6.99. The zero-order chi connectivity index (χ0) is 14.7. The maximum atomic E-state index is 5.48. The Morgan fingerprint density at radius 1 is 1.43 bits per heavy atom. The standard InChI is InChI=1S/C16H23N3OS/c1-12(2)17-8-16-18-13(11-21-16)9-19(14-5-6-14)10-15-4-3-7-20-15/h3-4,7,11-12,14,17H,5-6,8-10H2,1-2H3. The van der Waals surface area contributed by atoms with E-state index in [0.29, 0.717) is 12.1 Å². The van der Waals surface area contributed by atoms with Crippen molar-refractivity contribution in [2.75, 3.05) is 0 Å². The van der Waals surface area contributed by atoms with Crippen molar-refractivity contribution in [2.45, 2.75) is 58.4 Å². The third kappa shape index (κ3) is 4.40. The summed E-state index contributed by atoms with van der Waals surface area (Å²) in [5, 5.41) is 6.78. The van der Waals surface area contributed by atoms with E-state index >= 15 is 0 Å². The van der Waals surface area contributed by atoms with Crippen LogP contribution in [-0.4, -0.2) is 22.0 Å². The highest BCUT2D eigenvalue weighted by Crippen LogP contribution is 2.30. The average molecular weight is 305 g/mol. The highest BCUT2D eigenvalue weighted by Gasteiger charge is 2.30. The second kappa shape index (κ2) is 6.73. The van der Waals surface area contributed by atoms with Gasteiger partial charge in [-0.1, -0.05) is 13.8 Å². The molecule has 114 valence electrons. The highest BCUT2D eigenvalue weighted by atomic mass is 32.1. The van der Waals surface area contributed by atoms with Crippen LogP contribution >= 0.6 is 11.3 Å². The Labute approximate surface area is 130 Å². The molecule has 0 saturated heterocycles. The quantitative estimate of drug-likeness (QED) is 0.811. The average Bonchev–Trinajstić information content (AvgIpc) is 2.99. The van der Waals surface area contributed by atoms with Crippen molar-refractivity contribution < 1.29 is 4.42 Å². The molecule has 2 heterocycles. The first kappa shape index (κ1) is 14.8. The van der Waals surface area contributed by atoms with Gasteiger partial charge < -0.3 is 9.73 Å². The number of nitrogens with one attached hydrogen (secondary N) is 1. The summed E-state index contributed by atoms with van der Waals surface area (Å²) in [5.74, 6) is 1.04. The van der Waals surface area contributed by atoms with E-state index < -0.39 is 0 Å². The van der Waals surface area contributed by atoms with Gasteiger partial charge in [-0.15, -0.1) is 11.3 Å². The number of hydrogen-bond donors (Lipinski definition) is 1. The van der Waals surface area contributed by atoms with E-state index in [1.807, 2.05) is 6.07 Å². The molecule has 0 unspecified atom stereocenters. The fraction of sp³-hybridized carbons (Fsp3) is 0.562. The van der Waals surface area contributed by atoms with Gasteiger partial charge in [-0.2, -0.15) is 0 Å². The van der Waals surface area contributed by atoms with Crippen molar-refractivity contribution in [1.82, 2.24) is 15.2 Å². The maximum absolute atomic E-state index is 5.48. The summed E-state index contributed by atoms with van der Waals surface area (Å²) >= 11 is 1.75. The summed E-state index contributed by atoms with van der Waals surface area (Å²) in [5.41, 5.74) is 1.18. The van der Waals surface area contributed by atoms with Gasteiger partial charge in [0.15, 0.2) is 0 Å². The van der Waals surface area contributed by atoms with Gasteiger partial charge in [0.1, 0.15) is 10.8 Å². The molecule has 0 radical (unpaired) electrons. The van der Waals surface area contributed by atoms with Crippen LogP contribution in [0.25, 0.3) is 0 Å². The molecule has 21 heavy (non-hydrogen) atoms. The first-order chi connectivity index (χ1) is 10.2. The van der Waals surface area contributed by atoms with E-state index in [-0.39, 0.29) is 0 Å². The second-order valence-electron chi connectivity index (χ2n) is 5.98. The lowest BCUT2D eigenvalue weighted by atomic mass is 10.3. The molecule has 1 saturated carbocycles. The van der Waals surface area contributed by atoms with Crippen LogP contribution in [0.4, 0.5) is 0 Å². The molecule has 0 bridgehead atoms.